The fraction of sp³-hybridized carbons (Fsp3) is 0.452. The summed E-state index contributed by atoms with van der Waals surface area (Å²) in [5, 5.41) is 3.17. The SMILES string of the molecule is C[C@@H](NC(=O)[C@@H](CC(=O)N1CCC(N2CCCCC2)CC1)N1C(=O)[C@@H](N2COC[C@@H]2c2ccccc2)[C@H]1/C=C/c1cccc(I)c1)c1ccccc1. The Balaban J connectivity index is 1.16. The minimum absolute atomic E-state index is 0.0631. The van der Waals surface area contributed by atoms with E-state index in [4.69, 9.17) is 4.74 Å². The molecule has 9 nitrogen and oxygen atoms in total. The largest absolute Gasteiger partial charge is 0.364 e. The van der Waals surface area contributed by atoms with Crippen LogP contribution in [0.3, 0.4) is 0 Å². The van der Waals surface area contributed by atoms with Gasteiger partial charge in [-0.1, -0.05) is 91.4 Å². The van der Waals surface area contributed by atoms with Gasteiger partial charge in [-0.3, -0.25) is 19.3 Å². The van der Waals surface area contributed by atoms with Gasteiger partial charge in [-0.05, 0) is 97.1 Å². The molecule has 0 unspecified atom stereocenters. The van der Waals surface area contributed by atoms with Crippen LogP contribution in [0.5, 0.6) is 0 Å². The lowest BCUT2D eigenvalue weighted by molar-refractivity contribution is -0.167. The molecule has 0 aliphatic carbocycles. The summed E-state index contributed by atoms with van der Waals surface area (Å²) in [7, 11) is 0. The van der Waals surface area contributed by atoms with Gasteiger partial charge in [0.15, 0.2) is 0 Å². The zero-order valence-electron chi connectivity index (χ0n) is 30.0. The number of nitrogens with one attached hydrogen (secondary N) is 1. The summed E-state index contributed by atoms with van der Waals surface area (Å²) in [6.07, 6.45) is 9.68. The Morgan fingerprint density at radius 3 is 2.35 bits per heavy atom. The molecule has 0 saturated carbocycles. The van der Waals surface area contributed by atoms with E-state index >= 15 is 0 Å². The average Bonchev–Trinajstić information content (AvgIpc) is 3.66. The Kier molecular flexibility index (Phi) is 12.1. The standard InChI is InChI=1S/C42H50IN5O4/c1-30(32-13-5-2-6-14-32)44-41(50)37(27-39(49)46-24-20-35(21-25-46)45-22-9-4-10-23-45)48-36(19-18-31-12-11-17-34(43)26-31)40(42(48)51)47-29-52-28-38(47)33-15-7-3-8-16-33/h2-3,5-8,11-19,26,30,35-38,40H,4,9-10,20-25,27-29H2,1H3,(H,44,50)/b19-18+/t30-,36-,37-,38-,40+/m1/s1. The second kappa shape index (κ2) is 17.0. The summed E-state index contributed by atoms with van der Waals surface area (Å²) >= 11 is 2.30. The number of benzene rings is 3. The van der Waals surface area contributed by atoms with Crippen molar-refractivity contribution in [2.24, 2.45) is 0 Å². The van der Waals surface area contributed by atoms with Crippen LogP contribution < -0.4 is 5.32 Å². The molecular weight excluding hydrogens is 765 g/mol. The maximum Gasteiger partial charge on any atom is 0.243 e. The second-order valence-electron chi connectivity index (χ2n) is 14.6. The fourth-order valence-electron chi connectivity index (χ4n) is 8.44. The van der Waals surface area contributed by atoms with E-state index in [1.165, 1.54) is 19.3 Å². The van der Waals surface area contributed by atoms with Crippen molar-refractivity contribution >= 4 is 46.4 Å². The summed E-state index contributed by atoms with van der Waals surface area (Å²) in [5.41, 5.74) is 3.05. The maximum atomic E-state index is 14.6. The van der Waals surface area contributed by atoms with Gasteiger partial charge in [-0.2, -0.15) is 0 Å². The van der Waals surface area contributed by atoms with Crippen LogP contribution >= 0.6 is 22.6 Å². The fourth-order valence-corrected chi connectivity index (χ4v) is 9.00. The highest BCUT2D eigenvalue weighted by molar-refractivity contribution is 14.1. The monoisotopic (exact) mass is 815 g/mol. The first-order valence-electron chi connectivity index (χ1n) is 18.9. The molecule has 7 rings (SSSR count). The molecule has 4 aliphatic rings. The Labute approximate surface area is 321 Å². The van der Waals surface area contributed by atoms with Crippen LogP contribution in [0.4, 0.5) is 0 Å². The molecule has 0 radical (unpaired) electrons. The molecule has 3 aromatic rings. The number of ether oxygens (including phenoxy) is 1. The van der Waals surface area contributed by atoms with Gasteiger partial charge >= 0.3 is 0 Å². The Morgan fingerprint density at radius 1 is 0.923 bits per heavy atom. The predicted octanol–water partition coefficient (Wildman–Crippen LogP) is 6.03. The molecule has 274 valence electrons. The van der Waals surface area contributed by atoms with Crippen LogP contribution in [-0.4, -0.2) is 101 Å². The number of nitrogens with zero attached hydrogens (tertiary/aromatic N) is 4. The number of carbonyl (C=O) groups excluding carboxylic acids is 3. The van der Waals surface area contributed by atoms with E-state index in [0.717, 1.165) is 46.2 Å². The number of carbonyl (C=O) groups is 3. The molecule has 0 spiro atoms. The third-order valence-corrected chi connectivity index (χ3v) is 12.0. The third-order valence-electron chi connectivity index (χ3n) is 11.3. The van der Waals surface area contributed by atoms with E-state index in [-0.39, 0.29) is 36.2 Å². The Bertz CT molecular complexity index is 1710. The second-order valence-corrected chi connectivity index (χ2v) is 15.9. The summed E-state index contributed by atoms with van der Waals surface area (Å²) < 4.78 is 7.09. The van der Waals surface area contributed by atoms with Crippen molar-refractivity contribution < 1.29 is 19.1 Å². The molecule has 3 amide bonds. The van der Waals surface area contributed by atoms with Crippen LogP contribution in [0.1, 0.15) is 74.2 Å². The molecule has 52 heavy (non-hydrogen) atoms. The summed E-state index contributed by atoms with van der Waals surface area (Å²) in [6.45, 7) is 6.36. The lowest BCUT2D eigenvalue weighted by Gasteiger charge is -2.53. The minimum Gasteiger partial charge on any atom is -0.364 e. The highest BCUT2D eigenvalue weighted by Gasteiger charge is 2.56. The normalized spacial score (nSPS) is 24.5. The number of amides is 3. The number of hydrogen-bond donors (Lipinski definition) is 1. The summed E-state index contributed by atoms with van der Waals surface area (Å²) in [6, 6.07) is 26.3. The minimum atomic E-state index is -0.966. The summed E-state index contributed by atoms with van der Waals surface area (Å²) in [4.78, 5) is 51.4. The van der Waals surface area contributed by atoms with Crippen molar-refractivity contribution in [2.75, 3.05) is 39.5 Å². The van der Waals surface area contributed by atoms with Gasteiger partial charge in [-0.15, -0.1) is 0 Å². The van der Waals surface area contributed by atoms with Gasteiger partial charge in [0.1, 0.15) is 18.8 Å². The molecule has 10 heteroatoms. The number of likely N-dealkylation sites (tertiary alicyclic amines) is 3. The van der Waals surface area contributed by atoms with Crippen LogP contribution in [0, 0.1) is 3.57 Å². The van der Waals surface area contributed by atoms with E-state index in [1.807, 2.05) is 90.7 Å². The van der Waals surface area contributed by atoms with Gasteiger partial charge < -0.3 is 24.8 Å². The Hall–Kier alpha value is -3.58. The predicted molar refractivity (Wildman–Crippen MR) is 211 cm³/mol. The number of piperidine rings is 2. The number of hydrogen-bond acceptors (Lipinski definition) is 6. The Morgan fingerprint density at radius 2 is 1.63 bits per heavy atom. The first kappa shape index (κ1) is 36.8. The van der Waals surface area contributed by atoms with Gasteiger partial charge in [0, 0.05) is 22.7 Å². The zero-order chi connectivity index (χ0) is 36.0. The summed E-state index contributed by atoms with van der Waals surface area (Å²) in [5.74, 6) is -0.551. The highest BCUT2D eigenvalue weighted by Crippen LogP contribution is 2.38. The highest BCUT2D eigenvalue weighted by atomic mass is 127. The van der Waals surface area contributed by atoms with Gasteiger partial charge in [0.2, 0.25) is 17.7 Å². The number of rotatable bonds is 11. The van der Waals surface area contributed by atoms with Crippen LogP contribution in [0.25, 0.3) is 6.08 Å². The van der Waals surface area contributed by atoms with E-state index in [2.05, 4.69) is 55.9 Å². The zero-order valence-corrected chi connectivity index (χ0v) is 32.1. The number of β-lactam (4-membered cyclic amide) rings is 1. The molecule has 5 atom stereocenters. The molecule has 3 aromatic carbocycles. The molecule has 4 fully saturated rings. The van der Waals surface area contributed by atoms with Crippen molar-refractivity contribution in [1.29, 1.82) is 0 Å². The van der Waals surface area contributed by atoms with Crippen molar-refractivity contribution in [3.8, 4) is 0 Å². The van der Waals surface area contributed by atoms with E-state index in [9.17, 15) is 14.4 Å². The topological polar surface area (TPSA) is 85.4 Å². The third kappa shape index (κ3) is 8.30. The van der Waals surface area contributed by atoms with Crippen molar-refractivity contribution in [3.63, 3.8) is 0 Å². The van der Waals surface area contributed by atoms with Crippen molar-refractivity contribution in [1.82, 2.24) is 24.9 Å². The van der Waals surface area contributed by atoms with Crippen LogP contribution in [-0.2, 0) is 19.1 Å². The quantitative estimate of drug-likeness (QED) is 0.188. The molecule has 0 bridgehead atoms. The van der Waals surface area contributed by atoms with Crippen molar-refractivity contribution in [3.05, 3.63) is 111 Å². The molecular formula is C42H50IN5O4. The molecule has 4 heterocycles. The van der Waals surface area contributed by atoms with Gasteiger partial charge in [0.05, 0.1) is 31.2 Å². The first-order valence-corrected chi connectivity index (χ1v) is 20.0. The van der Waals surface area contributed by atoms with E-state index in [1.54, 1.807) is 4.90 Å². The molecule has 4 saturated heterocycles. The van der Waals surface area contributed by atoms with Crippen molar-refractivity contribution in [2.45, 2.75) is 81.7 Å². The van der Waals surface area contributed by atoms with Crippen LogP contribution in [0.15, 0.2) is 91.0 Å². The maximum absolute atomic E-state index is 14.6. The van der Waals surface area contributed by atoms with Gasteiger partial charge in [-0.25, -0.2) is 0 Å². The van der Waals surface area contributed by atoms with E-state index < -0.39 is 18.1 Å². The molecule has 4 aliphatic heterocycles. The van der Waals surface area contributed by atoms with E-state index in [0.29, 0.717) is 32.5 Å². The molecule has 0 aromatic heterocycles. The molecule has 1 N–H and O–H groups in total. The van der Waals surface area contributed by atoms with Crippen LogP contribution in [0.2, 0.25) is 0 Å². The smallest absolute Gasteiger partial charge is 0.243 e. The first-order chi connectivity index (χ1) is 25.4. The lowest BCUT2D eigenvalue weighted by atomic mass is 9.87. The van der Waals surface area contributed by atoms with Gasteiger partial charge in [0.25, 0.3) is 0 Å². The average molecular weight is 816 g/mol. The lowest BCUT2D eigenvalue weighted by Crippen LogP contribution is -2.74. The number of halogens is 1.